The molecule has 1 N–H and O–H groups in total. The maximum atomic E-state index is 14.0. The highest BCUT2D eigenvalue weighted by Crippen LogP contribution is 2.35. The molecule has 3 aromatic carbocycles. The molecule has 5 rings (SSSR count). The van der Waals surface area contributed by atoms with E-state index in [4.69, 9.17) is 0 Å². The molecule has 4 aromatic rings. The number of sulfonamides is 1. The Labute approximate surface area is 224 Å². The van der Waals surface area contributed by atoms with E-state index in [1.165, 1.54) is 4.31 Å². The number of nitrogens with one attached hydrogen (secondary N) is 1. The molecule has 0 saturated carbocycles. The largest absolute Gasteiger partial charge is 0.416 e. The molecule has 0 spiro atoms. The zero-order valence-electron chi connectivity index (χ0n) is 20.6. The van der Waals surface area contributed by atoms with Crippen molar-refractivity contribution in [1.29, 1.82) is 5.26 Å². The number of imidazole rings is 1. The predicted octanol–water partition coefficient (Wildman–Crippen LogP) is 5.12. The number of rotatable bonds is 6. The average molecular weight is 552 g/mol. The summed E-state index contributed by atoms with van der Waals surface area (Å²) in [5.41, 5.74) is 2.59. The van der Waals surface area contributed by atoms with Crippen LogP contribution < -0.4 is 4.90 Å². The second-order valence-electron chi connectivity index (χ2n) is 9.33. The zero-order chi connectivity index (χ0) is 27.6. The Balaban J connectivity index is 1.61. The number of nitrogens with zero attached hydrogens (tertiary/aromatic N) is 4. The first-order chi connectivity index (χ1) is 18.6. The summed E-state index contributed by atoms with van der Waals surface area (Å²) in [5.74, 6) is 0. The summed E-state index contributed by atoms with van der Waals surface area (Å²) in [6.45, 7) is 0.663. The highest BCUT2D eigenvalue weighted by Gasteiger charge is 2.37. The number of fused-ring (bicyclic) bond motifs is 1. The van der Waals surface area contributed by atoms with Crippen molar-refractivity contribution in [2.24, 2.45) is 0 Å². The maximum Gasteiger partial charge on any atom is 0.416 e. The highest BCUT2D eigenvalue weighted by atomic mass is 32.2. The summed E-state index contributed by atoms with van der Waals surface area (Å²) >= 11 is 0. The van der Waals surface area contributed by atoms with Crippen LogP contribution in [0.3, 0.4) is 0 Å². The van der Waals surface area contributed by atoms with Crippen LogP contribution >= 0.6 is 0 Å². The predicted molar refractivity (Wildman–Crippen MR) is 139 cm³/mol. The molecule has 0 fully saturated rings. The van der Waals surface area contributed by atoms with Gasteiger partial charge in [0.15, 0.2) is 0 Å². The van der Waals surface area contributed by atoms with E-state index in [1.54, 1.807) is 30.7 Å². The number of aromatic amines is 1. The summed E-state index contributed by atoms with van der Waals surface area (Å²) in [6.07, 6.45) is -0.952. The van der Waals surface area contributed by atoms with Gasteiger partial charge >= 0.3 is 6.18 Å². The summed E-state index contributed by atoms with van der Waals surface area (Å²) in [6, 6.07) is 19.7. The second kappa shape index (κ2) is 10.6. The Morgan fingerprint density at radius 1 is 1.05 bits per heavy atom. The number of hydrogen-bond acceptors (Lipinski definition) is 5. The van der Waals surface area contributed by atoms with Crippen LogP contribution in [-0.2, 0) is 35.7 Å². The van der Waals surface area contributed by atoms with E-state index in [1.807, 2.05) is 35.2 Å². The lowest BCUT2D eigenvalue weighted by molar-refractivity contribution is -0.137. The molecule has 1 aliphatic heterocycles. The molecule has 1 aromatic heterocycles. The van der Waals surface area contributed by atoms with Gasteiger partial charge in [-0.3, -0.25) is 0 Å². The Morgan fingerprint density at radius 2 is 1.79 bits per heavy atom. The Kier molecular flexibility index (Phi) is 7.16. The normalized spacial score (nSPS) is 16.4. The fraction of sp³-hybridized carbons (Fsp3) is 0.214. The molecular formula is C28H24F3N5O2S. The van der Waals surface area contributed by atoms with E-state index in [0.29, 0.717) is 30.6 Å². The average Bonchev–Trinajstić information content (AvgIpc) is 3.38. The molecule has 1 atom stereocenters. The van der Waals surface area contributed by atoms with Gasteiger partial charge in [-0.25, -0.2) is 13.4 Å². The number of hydrogen-bond donors (Lipinski definition) is 1. The van der Waals surface area contributed by atoms with Gasteiger partial charge in [0.1, 0.15) is 0 Å². The van der Waals surface area contributed by atoms with Crippen molar-refractivity contribution in [2.45, 2.75) is 36.6 Å². The molecular weight excluding hydrogens is 527 g/mol. The van der Waals surface area contributed by atoms with Crippen LogP contribution in [0.4, 0.5) is 18.9 Å². The van der Waals surface area contributed by atoms with E-state index in [2.05, 4.69) is 16.0 Å². The lowest BCUT2D eigenvalue weighted by Gasteiger charge is -2.32. The summed E-state index contributed by atoms with van der Waals surface area (Å²) in [7, 11) is -4.23. The number of benzene rings is 3. The molecule has 1 aliphatic rings. The minimum Gasteiger partial charge on any atom is -0.364 e. The van der Waals surface area contributed by atoms with Crippen LogP contribution in [0.1, 0.15) is 27.9 Å². The van der Waals surface area contributed by atoms with Gasteiger partial charge < -0.3 is 9.88 Å². The van der Waals surface area contributed by atoms with Crippen LogP contribution in [0.5, 0.6) is 0 Å². The van der Waals surface area contributed by atoms with E-state index in [9.17, 15) is 26.9 Å². The third-order valence-electron chi connectivity index (χ3n) is 6.73. The summed E-state index contributed by atoms with van der Waals surface area (Å²) in [4.78, 5) is 8.98. The molecule has 0 saturated heterocycles. The van der Waals surface area contributed by atoms with E-state index >= 15 is 0 Å². The molecule has 11 heteroatoms. The Hall–Kier alpha value is -4.14. The molecule has 0 radical (unpaired) electrons. The summed E-state index contributed by atoms with van der Waals surface area (Å²) < 4.78 is 68.9. The first-order valence-corrected chi connectivity index (χ1v) is 13.6. The minimum atomic E-state index is -4.58. The minimum absolute atomic E-state index is 0.0504. The van der Waals surface area contributed by atoms with Gasteiger partial charge in [-0.1, -0.05) is 30.3 Å². The van der Waals surface area contributed by atoms with Crippen LogP contribution in [0.25, 0.3) is 0 Å². The monoisotopic (exact) mass is 551 g/mol. The van der Waals surface area contributed by atoms with Gasteiger partial charge in [0, 0.05) is 31.0 Å². The van der Waals surface area contributed by atoms with Crippen LogP contribution in [0, 0.1) is 11.3 Å². The number of alkyl halides is 3. The topological polar surface area (TPSA) is 93.1 Å². The SMILES string of the molecule is N#Cc1ccc2c(c1)CN(S(=O)(=O)c1ccc(C(F)(F)F)cc1)[C@H](Cc1ccccc1)CN2Cc1cnc[nH]1. The van der Waals surface area contributed by atoms with E-state index < -0.39 is 27.8 Å². The lowest BCUT2D eigenvalue weighted by atomic mass is 10.1. The number of H-pyrrole nitrogens is 1. The summed E-state index contributed by atoms with van der Waals surface area (Å²) in [5, 5.41) is 9.52. The first-order valence-electron chi connectivity index (χ1n) is 12.1. The van der Waals surface area contributed by atoms with E-state index in [0.717, 1.165) is 41.2 Å². The van der Waals surface area contributed by atoms with Crippen molar-refractivity contribution >= 4 is 15.7 Å². The van der Waals surface area contributed by atoms with Gasteiger partial charge in [-0.05, 0) is 60.0 Å². The molecule has 0 unspecified atom stereocenters. The third-order valence-corrected chi connectivity index (χ3v) is 8.64. The van der Waals surface area contributed by atoms with Gasteiger partial charge in [0.25, 0.3) is 0 Å². The van der Waals surface area contributed by atoms with Crippen molar-refractivity contribution in [2.75, 3.05) is 11.4 Å². The van der Waals surface area contributed by atoms with Crippen molar-refractivity contribution < 1.29 is 21.6 Å². The van der Waals surface area contributed by atoms with Gasteiger partial charge in [-0.2, -0.15) is 22.7 Å². The first kappa shape index (κ1) is 26.5. The maximum absolute atomic E-state index is 14.0. The molecule has 200 valence electrons. The van der Waals surface area contributed by atoms with Gasteiger partial charge in [-0.15, -0.1) is 0 Å². The van der Waals surface area contributed by atoms with Crippen molar-refractivity contribution in [3.05, 3.63) is 113 Å². The molecule has 0 bridgehead atoms. The van der Waals surface area contributed by atoms with Crippen molar-refractivity contribution in [3.63, 3.8) is 0 Å². The number of halogens is 3. The zero-order valence-corrected chi connectivity index (χ0v) is 21.5. The second-order valence-corrected chi connectivity index (χ2v) is 11.2. The molecule has 0 amide bonds. The standard InChI is InChI=1S/C28H24F3N5O2S/c29-28(30,31)23-7-9-26(10-8-23)39(37,38)36-16-22-12-21(14-32)6-11-27(22)35(17-24-15-33-19-34-24)18-25(36)13-20-4-2-1-3-5-20/h1-12,15,19,25H,13,16-18H2,(H,33,34)/t25-/m1/s1. The smallest absolute Gasteiger partial charge is 0.364 e. The lowest BCUT2D eigenvalue weighted by Crippen LogP contribution is -2.45. The third kappa shape index (κ3) is 5.67. The number of aromatic nitrogens is 2. The van der Waals surface area contributed by atoms with Crippen molar-refractivity contribution in [1.82, 2.24) is 14.3 Å². The Bertz CT molecular complexity index is 1580. The number of anilines is 1. The molecule has 39 heavy (non-hydrogen) atoms. The fourth-order valence-electron chi connectivity index (χ4n) is 4.84. The van der Waals surface area contributed by atoms with Crippen LogP contribution in [0.15, 0.2) is 90.2 Å². The Morgan fingerprint density at radius 3 is 2.44 bits per heavy atom. The van der Waals surface area contributed by atoms with Crippen LogP contribution in [0.2, 0.25) is 0 Å². The quantitative estimate of drug-likeness (QED) is 0.359. The molecule has 0 aliphatic carbocycles. The van der Waals surface area contributed by atoms with Gasteiger partial charge in [0.2, 0.25) is 10.0 Å². The van der Waals surface area contributed by atoms with Crippen LogP contribution in [-0.4, -0.2) is 35.3 Å². The number of nitriles is 1. The molecule has 2 heterocycles. The fourth-order valence-corrected chi connectivity index (χ4v) is 6.44. The highest BCUT2D eigenvalue weighted by molar-refractivity contribution is 7.89. The van der Waals surface area contributed by atoms with Gasteiger partial charge in [0.05, 0.1) is 40.7 Å². The van der Waals surface area contributed by atoms with Crippen molar-refractivity contribution in [3.8, 4) is 6.07 Å². The van der Waals surface area contributed by atoms with E-state index in [-0.39, 0.29) is 11.4 Å². The molecule has 7 nitrogen and oxygen atoms in total.